The van der Waals surface area contributed by atoms with Crippen LogP contribution in [0.3, 0.4) is 0 Å². The summed E-state index contributed by atoms with van der Waals surface area (Å²) in [5, 5.41) is 7.10. The second-order valence-corrected chi connectivity index (χ2v) is 9.19. The number of hydrogen-bond acceptors (Lipinski definition) is 5. The van der Waals surface area contributed by atoms with E-state index in [1.807, 2.05) is 39.0 Å². The zero-order valence-electron chi connectivity index (χ0n) is 16.8. The lowest BCUT2D eigenvalue weighted by molar-refractivity contribution is -0.127. The van der Waals surface area contributed by atoms with E-state index in [2.05, 4.69) is 31.4 Å². The second-order valence-electron chi connectivity index (χ2n) is 8.33. The molecule has 2 heterocycles. The maximum Gasteiger partial charge on any atom is 0.249 e. The highest BCUT2D eigenvalue weighted by atomic mass is 79.9. The van der Waals surface area contributed by atoms with E-state index in [1.165, 1.54) is 0 Å². The average molecular weight is 461 g/mol. The minimum atomic E-state index is -0.404. The van der Waals surface area contributed by atoms with Gasteiger partial charge in [0, 0.05) is 29.0 Å². The van der Waals surface area contributed by atoms with Crippen molar-refractivity contribution in [2.24, 2.45) is 11.8 Å². The number of aryl methyl sites for hydroxylation is 1. The van der Waals surface area contributed by atoms with Crippen molar-refractivity contribution in [1.82, 2.24) is 15.5 Å². The largest absolute Gasteiger partial charge is 0.344 e. The third kappa shape index (κ3) is 4.22. The number of aromatic nitrogens is 2. The van der Waals surface area contributed by atoms with Crippen LogP contribution in [0.5, 0.6) is 0 Å². The third-order valence-corrected chi connectivity index (χ3v) is 6.47. The Hall–Kier alpha value is -2.22. The van der Waals surface area contributed by atoms with Crippen LogP contribution in [0, 0.1) is 18.8 Å². The van der Waals surface area contributed by atoms with Gasteiger partial charge in [0.15, 0.2) is 5.82 Å². The molecular weight excluding hydrogens is 436 g/mol. The molecule has 2 aliphatic rings. The van der Waals surface area contributed by atoms with E-state index < -0.39 is 5.92 Å². The smallest absolute Gasteiger partial charge is 0.249 e. The van der Waals surface area contributed by atoms with Crippen LogP contribution in [-0.2, 0) is 9.59 Å². The van der Waals surface area contributed by atoms with Gasteiger partial charge in [-0.15, -0.1) is 0 Å². The van der Waals surface area contributed by atoms with E-state index >= 15 is 0 Å². The number of carbonyl (C=O) groups is 2. The Balaban J connectivity index is 1.45. The minimum Gasteiger partial charge on any atom is -0.344 e. The van der Waals surface area contributed by atoms with Gasteiger partial charge in [0.2, 0.25) is 17.7 Å². The molecule has 4 rings (SSSR count). The fraction of sp³-hybridized carbons (Fsp3) is 0.524. The molecule has 2 atom stereocenters. The highest BCUT2D eigenvalue weighted by molar-refractivity contribution is 9.10. The molecule has 0 radical (unpaired) electrons. The summed E-state index contributed by atoms with van der Waals surface area (Å²) >= 11 is 3.48. The van der Waals surface area contributed by atoms with Gasteiger partial charge in [0.05, 0.1) is 5.92 Å². The molecule has 1 saturated carbocycles. The Morgan fingerprint density at radius 2 is 2.10 bits per heavy atom. The normalized spacial score (nSPS) is 20.4. The topological polar surface area (TPSA) is 88.3 Å². The predicted octanol–water partition coefficient (Wildman–Crippen LogP) is 3.88. The Morgan fingerprint density at radius 1 is 1.34 bits per heavy atom. The monoisotopic (exact) mass is 460 g/mol. The number of rotatable bonds is 6. The van der Waals surface area contributed by atoms with Crippen LogP contribution in [0.25, 0.3) is 0 Å². The van der Waals surface area contributed by atoms with Crippen molar-refractivity contribution in [3.05, 3.63) is 40.0 Å². The average Bonchev–Trinajstić information content (AvgIpc) is 3.28. The van der Waals surface area contributed by atoms with Crippen LogP contribution in [0.2, 0.25) is 0 Å². The highest BCUT2D eigenvalue weighted by Gasteiger charge is 2.37. The van der Waals surface area contributed by atoms with Gasteiger partial charge in [0.1, 0.15) is 6.04 Å². The number of hydrogen-bond donors (Lipinski definition) is 1. The summed E-state index contributed by atoms with van der Waals surface area (Å²) in [4.78, 5) is 31.7. The molecular formula is C21H25BrN4O3. The predicted molar refractivity (Wildman–Crippen MR) is 111 cm³/mol. The highest BCUT2D eigenvalue weighted by Crippen LogP contribution is 2.39. The number of amides is 2. The van der Waals surface area contributed by atoms with E-state index in [9.17, 15) is 9.59 Å². The van der Waals surface area contributed by atoms with Crippen LogP contribution in [0.15, 0.2) is 27.2 Å². The van der Waals surface area contributed by atoms with Gasteiger partial charge >= 0.3 is 0 Å². The first-order chi connectivity index (χ1) is 13.8. The maximum atomic E-state index is 12.9. The Labute approximate surface area is 178 Å². The van der Waals surface area contributed by atoms with Gasteiger partial charge in [0.25, 0.3) is 0 Å². The van der Waals surface area contributed by atoms with Crippen LogP contribution >= 0.6 is 15.9 Å². The van der Waals surface area contributed by atoms with Crippen LogP contribution in [-0.4, -0.2) is 28.5 Å². The molecule has 2 aromatic rings. The molecule has 1 N–H and O–H groups in total. The number of anilines is 1. The molecule has 1 aliphatic heterocycles. The fourth-order valence-electron chi connectivity index (χ4n) is 3.60. The van der Waals surface area contributed by atoms with E-state index in [-0.39, 0.29) is 30.2 Å². The molecule has 29 heavy (non-hydrogen) atoms. The first-order valence-electron chi connectivity index (χ1n) is 10.0. The van der Waals surface area contributed by atoms with E-state index in [0.29, 0.717) is 18.4 Å². The molecule has 7 nitrogen and oxygen atoms in total. The van der Waals surface area contributed by atoms with E-state index in [4.69, 9.17) is 4.52 Å². The molecule has 0 bridgehead atoms. The Morgan fingerprint density at radius 3 is 2.76 bits per heavy atom. The molecule has 1 saturated heterocycles. The number of benzene rings is 1. The summed E-state index contributed by atoms with van der Waals surface area (Å²) in [7, 11) is 0. The Bertz CT molecular complexity index is 938. The summed E-state index contributed by atoms with van der Waals surface area (Å²) in [5.74, 6) is 1.06. The fourth-order valence-corrected chi connectivity index (χ4v) is 3.84. The third-order valence-electron chi connectivity index (χ3n) is 5.58. The van der Waals surface area contributed by atoms with Crippen molar-refractivity contribution in [2.45, 2.75) is 52.0 Å². The van der Waals surface area contributed by atoms with Crippen molar-refractivity contribution >= 4 is 33.4 Å². The van der Waals surface area contributed by atoms with Gasteiger partial charge in [-0.05, 0) is 49.4 Å². The van der Waals surface area contributed by atoms with Crippen LogP contribution < -0.4 is 10.2 Å². The molecule has 1 aliphatic carbocycles. The van der Waals surface area contributed by atoms with Crippen molar-refractivity contribution in [1.29, 1.82) is 0 Å². The first kappa shape index (κ1) is 20.1. The SMILES string of the molecule is Cc1cc(N2CC(C(=O)NC(c3nc(C4CC4)no3)C(C)C)CC2=O)ccc1Br. The molecule has 154 valence electrons. The van der Waals surface area contributed by atoms with Gasteiger partial charge in [-0.1, -0.05) is 34.9 Å². The number of nitrogens with zero attached hydrogens (tertiary/aromatic N) is 3. The summed E-state index contributed by atoms with van der Waals surface area (Å²) in [6.07, 6.45) is 2.38. The standard InChI is InChI=1S/C21H25BrN4O3/c1-11(2)18(21-24-19(25-29-21)13-4-5-13)23-20(28)14-9-17(27)26(10-14)15-6-7-16(22)12(3)8-15/h6-8,11,13-14,18H,4-5,9-10H2,1-3H3,(H,23,28). The number of halogens is 1. The molecule has 2 amide bonds. The van der Waals surface area contributed by atoms with Gasteiger partial charge in [-0.25, -0.2) is 0 Å². The van der Waals surface area contributed by atoms with Crippen LogP contribution in [0.1, 0.15) is 62.3 Å². The summed E-state index contributed by atoms with van der Waals surface area (Å²) < 4.78 is 6.42. The minimum absolute atomic E-state index is 0.0400. The summed E-state index contributed by atoms with van der Waals surface area (Å²) in [6.45, 7) is 6.35. The summed E-state index contributed by atoms with van der Waals surface area (Å²) in [5.41, 5.74) is 1.86. The molecule has 8 heteroatoms. The van der Waals surface area contributed by atoms with Crippen molar-refractivity contribution in [3.63, 3.8) is 0 Å². The molecule has 2 fully saturated rings. The zero-order valence-corrected chi connectivity index (χ0v) is 18.4. The van der Waals surface area contributed by atoms with Crippen molar-refractivity contribution in [2.75, 3.05) is 11.4 Å². The van der Waals surface area contributed by atoms with Gasteiger partial charge in [-0.2, -0.15) is 4.98 Å². The maximum absolute atomic E-state index is 12.9. The first-order valence-corrected chi connectivity index (χ1v) is 10.8. The van der Waals surface area contributed by atoms with Crippen molar-refractivity contribution in [3.8, 4) is 0 Å². The molecule has 1 aromatic heterocycles. The van der Waals surface area contributed by atoms with Crippen molar-refractivity contribution < 1.29 is 14.1 Å². The number of nitrogens with one attached hydrogen (secondary N) is 1. The number of carbonyl (C=O) groups excluding carboxylic acids is 2. The lowest BCUT2D eigenvalue weighted by Crippen LogP contribution is -2.37. The zero-order chi connectivity index (χ0) is 20.7. The van der Waals surface area contributed by atoms with Gasteiger partial charge in [-0.3, -0.25) is 9.59 Å². The molecule has 2 unspecified atom stereocenters. The van der Waals surface area contributed by atoms with Crippen LogP contribution in [0.4, 0.5) is 5.69 Å². The quantitative estimate of drug-likeness (QED) is 0.706. The lowest BCUT2D eigenvalue weighted by Gasteiger charge is -2.21. The second kappa shape index (κ2) is 7.89. The van der Waals surface area contributed by atoms with Gasteiger partial charge < -0.3 is 14.7 Å². The van der Waals surface area contributed by atoms with E-state index in [0.717, 1.165) is 34.4 Å². The van der Waals surface area contributed by atoms with E-state index in [1.54, 1.807) is 4.90 Å². The molecule has 0 spiro atoms. The lowest BCUT2D eigenvalue weighted by atomic mass is 10.0. The Kier molecular flexibility index (Phi) is 5.46. The summed E-state index contributed by atoms with van der Waals surface area (Å²) in [6, 6.07) is 5.41. The molecule has 1 aromatic carbocycles.